The summed E-state index contributed by atoms with van der Waals surface area (Å²) < 4.78 is 4.33. The molecule has 0 saturated heterocycles. The Morgan fingerprint density at radius 3 is 2.88 bits per heavy atom. The number of hydrogen-bond donors (Lipinski definition) is 1. The second-order valence-electron chi connectivity index (χ2n) is 1.20. The number of ether oxygens (including phenoxy) is 1. The second-order valence-corrected chi connectivity index (χ2v) is 1.20. The molecular formula is C5H9NO2. The lowest BCUT2D eigenvalue weighted by atomic mass is 10.4. The first-order valence-electron chi connectivity index (χ1n) is 2.31. The van der Waals surface area contributed by atoms with Crippen molar-refractivity contribution < 1.29 is 9.53 Å². The van der Waals surface area contributed by atoms with Crippen molar-refractivity contribution in [1.82, 2.24) is 0 Å². The standard InChI is InChI=1S/C5H9NO2/c1-2-8-5(7)3-4-6/h2H,1,3-4,6H2. The molecule has 0 aliphatic heterocycles. The van der Waals surface area contributed by atoms with Crippen molar-refractivity contribution in [3.05, 3.63) is 12.8 Å². The van der Waals surface area contributed by atoms with Crippen molar-refractivity contribution in [2.24, 2.45) is 5.73 Å². The van der Waals surface area contributed by atoms with E-state index in [4.69, 9.17) is 5.73 Å². The van der Waals surface area contributed by atoms with Gasteiger partial charge in [-0.1, -0.05) is 6.58 Å². The van der Waals surface area contributed by atoms with Crippen molar-refractivity contribution in [3.63, 3.8) is 0 Å². The fourth-order valence-corrected chi connectivity index (χ4v) is 0.270. The lowest BCUT2D eigenvalue weighted by molar-refractivity contribution is -0.137. The lowest BCUT2D eigenvalue weighted by Crippen LogP contribution is -2.08. The smallest absolute Gasteiger partial charge is 0.311 e. The molecule has 0 aromatic heterocycles. The molecule has 0 aromatic rings. The van der Waals surface area contributed by atoms with Crippen LogP contribution in [-0.4, -0.2) is 12.5 Å². The Hall–Kier alpha value is -0.830. The van der Waals surface area contributed by atoms with Crippen LogP contribution >= 0.6 is 0 Å². The molecule has 3 heteroatoms. The first-order chi connectivity index (χ1) is 3.81. The summed E-state index contributed by atoms with van der Waals surface area (Å²) in [5, 5.41) is 0. The largest absolute Gasteiger partial charge is 0.435 e. The van der Waals surface area contributed by atoms with E-state index in [-0.39, 0.29) is 12.4 Å². The Kier molecular flexibility index (Phi) is 3.88. The van der Waals surface area contributed by atoms with E-state index in [0.29, 0.717) is 6.54 Å². The highest BCUT2D eigenvalue weighted by Crippen LogP contribution is 1.81. The van der Waals surface area contributed by atoms with E-state index in [0.717, 1.165) is 6.26 Å². The van der Waals surface area contributed by atoms with Crippen LogP contribution in [0, 0.1) is 0 Å². The maximum atomic E-state index is 10.3. The Balaban J connectivity index is 3.18. The van der Waals surface area contributed by atoms with Gasteiger partial charge in [-0.25, -0.2) is 0 Å². The summed E-state index contributed by atoms with van der Waals surface area (Å²) in [6.45, 7) is 3.53. The van der Waals surface area contributed by atoms with E-state index in [1.165, 1.54) is 0 Å². The number of hydrogen-bond acceptors (Lipinski definition) is 3. The molecule has 3 nitrogen and oxygen atoms in total. The zero-order valence-corrected chi connectivity index (χ0v) is 4.59. The highest BCUT2D eigenvalue weighted by molar-refractivity contribution is 5.70. The molecule has 0 amide bonds. The molecule has 0 aliphatic rings. The minimum absolute atomic E-state index is 0.256. The van der Waals surface area contributed by atoms with Crippen LogP contribution in [0.15, 0.2) is 12.8 Å². The molecule has 0 aromatic carbocycles. The zero-order chi connectivity index (χ0) is 6.41. The molecule has 0 saturated carbocycles. The van der Waals surface area contributed by atoms with E-state index in [9.17, 15) is 4.79 Å². The number of rotatable bonds is 3. The SMILES string of the molecule is C=COC(=O)CCN. The highest BCUT2D eigenvalue weighted by atomic mass is 16.5. The fraction of sp³-hybridized carbons (Fsp3) is 0.400. The predicted molar refractivity (Wildman–Crippen MR) is 30.0 cm³/mol. The highest BCUT2D eigenvalue weighted by Gasteiger charge is 1.94. The van der Waals surface area contributed by atoms with E-state index in [1.54, 1.807) is 0 Å². The van der Waals surface area contributed by atoms with Crippen molar-refractivity contribution in [2.45, 2.75) is 6.42 Å². The Bertz CT molecular complexity index is 90.4. The van der Waals surface area contributed by atoms with Crippen LogP contribution in [0.2, 0.25) is 0 Å². The predicted octanol–water partition coefficient (Wildman–Crippen LogP) is 0.0219. The molecule has 0 fully saturated rings. The molecule has 8 heavy (non-hydrogen) atoms. The summed E-state index contributed by atoms with van der Waals surface area (Å²) in [6.07, 6.45) is 1.35. The quantitative estimate of drug-likeness (QED) is 0.416. The van der Waals surface area contributed by atoms with Crippen LogP contribution in [-0.2, 0) is 9.53 Å². The third-order valence-electron chi connectivity index (χ3n) is 0.563. The molecule has 0 bridgehead atoms. The van der Waals surface area contributed by atoms with E-state index < -0.39 is 0 Å². The summed E-state index contributed by atoms with van der Waals surface area (Å²) in [7, 11) is 0. The summed E-state index contributed by atoms with van der Waals surface area (Å²) >= 11 is 0. The van der Waals surface area contributed by atoms with Crippen LogP contribution in [0.5, 0.6) is 0 Å². The van der Waals surface area contributed by atoms with Crippen molar-refractivity contribution >= 4 is 5.97 Å². The molecule has 2 N–H and O–H groups in total. The van der Waals surface area contributed by atoms with Gasteiger partial charge in [0.25, 0.3) is 0 Å². The Morgan fingerprint density at radius 2 is 2.50 bits per heavy atom. The first kappa shape index (κ1) is 7.17. The van der Waals surface area contributed by atoms with Gasteiger partial charge in [0.1, 0.15) is 0 Å². The molecule has 0 atom stereocenters. The van der Waals surface area contributed by atoms with Crippen LogP contribution in [0.4, 0.5) is 0 Å². The average Bonchev–Trinajstić information content (AvgIpc) is 1.68. The summed E-state index contributed by atoms with van der Waals surface area (Å²) in [5.74, 6) is -0.331. The van der Waals surface area contributed by atoms with Gasteiger partial charge in [-0.2, -0.15) is 0 Å². The molecule has 0 spiro atoms. The first-order valence-corrected chi connectivity index (χ1v) is 2.31. The third kappa shape index (κ3) is 3.36. The molecule has 0 heterocycles. The van der Waals surface area contributed by atoms with Gasteiger partial charge in [0.05, 0.1) is 12.7 Å². The van der Waals surface area contributed by atoms with Crippen LogP contribution in [0.1, 0.15) is 6.42 Å². The summed E-state index contributed by atoms with van der Waals surface area (Å²) in [5.41, 5.74) is 5.02. The molecule has 46 valence electrons. The maximum Gasteiger partial charge on any atom is 0.311 e. The number of nitrogens with two attached hydrogens (primary N) is 1. The van der Waals surface area contributed by atoms with Gasteiger partial charge in [-0.15, -0.1) is 0 Å². The van der Waals surface area contributed by atoms with Gasteiger partial charge in [-0.3, -0.25) is 4.79 Å². The third-order valence-corrected chi connectivity index (χ3v) is 0.563. The van der Waals surface area contributed by atoms with Crippen LogP contribution < -0.4 is 5.73 Å². The molecular weight excluding hydrogens is 106 g/mol. The fourth-order valence-electron chi connectivity index (χ4n) is 0.270. The van der Waals surface area contributed by atoms with Crippen molar-refractivity contribution in [3.8, 4) is 0 Å². The second kappa shape index (κ2) is 4.33. The number of carbonyl (C=O) groups is 1. The van der Waals surface area contributed by atoms with Gasteiger partial charge in [0.2, 0.25) is 0 Å². The van der Waals surface area contributed by atoms with Crippen molar-refractivity contribution in [1.29, 1.82) is 0 Å². The van der Waals surface area contributed by atoms with E-state index >= 15 is 0 Å². The van der Waals surface area contributed by atoms with Gasteiger partial charge < -0.3 is 10.5 Å². The zero-order valence-electron chi connectivity index (χ0n) is 4.59. The van der Waals surface area contributed by atoms with Crippen LogP contribution in [0.25, 0.3) is 0 Å². The van der Waals surface area contributed by atoms with E-state index in [2.05, 4.69) is 11.3 Å². The topological polar surface area (TPSA) is 52.3 Å². The molecule has 0 radical (unpaired) electrons. The van der Waals surface area contributed by atoms with Gasteiger partial charge in [-0.05, 0) is 0 Å². The Morgan fingerprint density at radius 1 is 1.88 bits per heavy atom. The molecule has 0 unspecified atom stereocenters. The Labute approximate surface area is 48.1 Å². The average molecular weight is 115 g/mol. The monoisotopic (exact) mass is 115 g/mol. The minimum atomic E-state index is -0.331. The van der Waals surface area contributed by atoms with Crippen LogP contribution in [0.3, 0.4) is 0 Å². The van der Waals surface area contributed by atoms with Gasteiger partial charge in [0.15, 0.2) is 0 Å². The minimum Gasteiger partial charge on any atom is -0.435 e. The molecule has 0 rings (SSSR count). The van der Waals surface area contributed by atoms with E-state index in [1.807, 2.05) is 0 Å². The molecule has 0 aliphatic carbocycles. The summed E-state index contributed by atoms with van der Waals surface area (Å²) in [6, 6.07) is 0. The van der Waals surface area contributed by atoms with Crippen molar-refractivity contribution in [2.75, 3.05) is 6.54 Å². The van der Waals surface area contributed by atoms with Gasteiger partial charge >= 0.3 is 5.97 Å². The lowest BCUT2D eigenvalue weighted by Gasteiger charge is -1.92. The number of carbonyl (C=O) groups excluding carboxylic acids is 1. The normalized spacial score (nSPS) is 8.12. The van der Waals surface area contributed by atoms with Gasteiger partial charge in [0, 0.05) is 6.54 Å². The number of esters is 1. The maximum absolute atomic E-state index is 10.3. The summed E-state index contributed by atoms with van der Waals surface area (Å²) in [4.78, 5) is 10.3.